The lowest BCUT2D eigenvalue weighted by Gasteiger charge is -2.25. The van der Waals surface area contributed by atoms with Crippen molar-refractivity contribution in [2.45, 2.75) is 20.8 Å². The monoisotopic (exact) mass is 234 g/mol. The van der Waals surface area contributed by atoms with Crippen LogP contribution in [0.3, 0.4) is 0 Å². The van der Waals surface area contributed by atoms with E-state index in [9.17, 15) is 0 Å². The van der Waals surface area contributed by atoms with Crippen molar-refractivity contribution in [2.24, 2.45) is 11.8 Å². The van der Waals surface area contributed by atoms with Crippen molar-refractivity contribution in [3.63, 3.8) is 0 Å². The molecule has 0 aliphatic carbocycles. The van der Waals surface area contributed by atoms with Crippen LogP contribution >= 0.6 is 0 Å². The fraction of sp³-hybridized carbons (Fsp3) is 0.545. The van der Waals surface area contributed by atoms with E-state index < -0.39 is 0 Å². The number of rotatable bonds is 5. The van der Waals surface area contributed by atoms with Crippen molar-refractivity contribution in [3.8, 4) is 6.07 Å². The quantitative estimate of drug-likeness (QED) is 0.584. The number of hydrogen-bond acceptors (Lipinski definition) is 6. The van der Waals surface area contributed by atoms with Gasteiger partial charge in [-0.25, -0.2) is 15.8 Å². The van der Waals surface area contributed by atoms with E-state index in [4.69, 9.17) is 11.1 Å². The Hall–Kier alpha value is -1.87. The Bertz CT molecular complexity index is 411. The molecule has 1 rings (SSSR count). The standard InChI is InChI=1S/C11H18N6/c1-4-17(6-8(2)5-12)11-9(3)10(16-13)14-7-15-11/h7-8H,4,6,13H2,1-3H3,(H,14,15,16). The molecule has 6 heteroatoms. The van der Waals surface area contributed by atoms with E-state index >= 15 is 0 Å². The van der Waals surface area contributed by atoms with Gasteiger partial charge < -0.3 is 10.3 Å². The third-order valence-electron chi connectivity index (χ3n) is 2.59. The molecule has 0 spiro atoms. The number of nitrogen functional groups attached to an aromatic ring is 1. The zero-order valence-electron chi connectivity index (χ0n) is 10.4. The van der Waals surface area contributed by atoms with Crippen molar-refractivity contribution in [2.75, 3.05) is 23.4 Å². The Morgan fingerprint density at radius 3 is 2.82 bits per heavy atom. The molecule has 0 aliphatic rings. The molecule has 0 aliphatic heterocycles. The number of nitrogens with two attached hydrogens (primary N) is 1. The van der Waals surface area contributed by atoms with E-state index in [0.717, 1.165) is 17.9 Å². The summed E-state index contributed by atoms with van der Waals surface area (Å²) in [6, 6.07) is 2.22. The third kappa shape index (κ3) is 3.04. The number of anilines is 2. The first kappa shape index (κ1) is 13.2. The summed E-state index contributed by atoms with van der Waals surface area (Å²) in [6.45, 7) is 7.26. The molecule has 3 N–H and O–H groups in total. The molecule has 1 aromatic heterocycles. The smallest absolute Gasteiger partial charge is 0.148 e. The second kappa shape index (κ2) is 6.01. The molecule has 0 fully saturated rings. The predicted octanol–water partition coefficient (Wildman–Crippen LogP) is 1.06. The molecule has 17 heavy (non-hydrogen) atoms. The molecule has 92 valence electrons. The van der Waals surface area contributed by atoms with Gasteiger partial charge in [-0.1, -0.05) is 0 Å². The molecule has 1 unspecified atom stereocenters. The fourth-order valence-corrected chi connectivity index (χ4v) is 1.64. The van der Waals surface area contributed by atoms with Gasteiger partial charge in [-0.3, -0.25) is 0 Å². The van der Waals surface area contributed by atoms with Crippen LogP contribution in [-0.2, 0) is 0 Å². The Morgan fingerprint density at radius 2 is 2.29 bits per heavy atom. The van der Waals surface area contributed by atoms with Crippen molar-refractivity contribution in [3.05, 3.63) is 11.9 Å². The molecule has 0 saturated heterocycles. The lowest BCUT2D eigenvalue weighted by Crippen LogP contribution is -2.29. The summed E-state index contributed by atoms with van der Waals surface area (Å²) in [5.74, 6) is 6.76. The minimum absolute atomic E-state index is 0.0430. The maximum absolute atomic E-state index is 8.85. The number of hydrogen-bond donors (Lipinski definition) is 2. The van der Waals surface area contributed by atoms with Crippen LogP contribution in [0.5, 0.6) is 0 Å². The zero-order valence-corrected chi connectivity index (χ0v) is 10.4. The van der Waals surface area contributed by atoms with Crippen LogP contribution in [0.1, 0.15) is 19.4 Å². The number of nitrogens with one attached hydrogen (secondary N) is 1. The number of aromatic nitrogens is 2. The summed E-state index contributed by atoms with van der Waals surface area (Å²) in [5, 5.41) is 8.85. The van der Waals surface area contributed by atoms with Crippen LogP contribution in [-0.4, -0.2) is 23.1 Å². The summed E-state index contributed by atoms with van der Waals surface area (Å²) in [4.78, 5) is 10.3. The lowest BCUT2D eigenvalue weighted by molar-refractivity contribution is 0.677. The van der Waals surface area contributed by atoms with Gasteiger partial charge in [0, 0.05) is 18.7 Å². The highest BCUT2D eigenvalue weighted by molar-refractivity contribution is 5.57. The van der Waals surface area contributed by atoms with E-state index in [1.165, 1.54) is 6.33 Å². The molecule has 6 nitrogen and oxygen atoms in total. The SMILES string of the molecule is CCN(CC(C)C#N)c1ncnc(NN)c1C. The van der Waals surface area contributed by atoms with E-state index in [0.29, 0.717) is 12.4 Å². The topological polar surface area (TPSA) is 90.9 Å². The van der Waals surface area contributed by atoms with Crippen LogP contribution in [0.4, 0.5) is 11.6 Å². The summed E-state index contributed by atoms with van der Waals surface area (Å²) < 4.78 is 0. The Labute approximate surface area is 101 Å². The highest BCUT2D eigenvalue weighted by Crippen LogP contribution is 2.21. The van der Waals surface area contributed by atoms with Gasteiger partial charge in [0.1, 0.15) is 18.0 Å². The molecule has 1 aromatic rings. The molecule has 0 radical (unpaired) electrons. The number of nitriles is 1. The van der Waals surface area contributed by atoms with Crippen LogP contribution in [0.25, 0.3) is 0 Å². The first-order chi connectivity index (χ1) is 8.13. The van der Waals surface area contributed by atoms with Gasteiger partial charge in [0.15, 0.2) is 0 Å². The zero-order chi connectivity index (χ0) is 12.8. The minimum Gasteiger partial charge on any atom is -0.355 e. The third-order valence-corrected chi connectivity index (χ3v) is 2.59. The summed E-state index contributed by atoms with van der Waals surface area (Å²) in [5.41, 5.74) is 3.43. The average molecular weight is 234 g/mol. The second-order valence-electron chi connectivity index (χ2n) is 3.88. The fourth-order valence-electron chi connectivity index (χ4n) is 1.64. The summed E-state index contributed by atoms with van der Waals surface area (Å²) in [7, 11) is 0. The maximum Gasteiger partial charge on any atom is 0.148 e. The highest BCUT2D eigenvalue weighted by atomic mass is 15.3. The first-order valence-corrected chi connectivity index (χ1v) is 5.56. The molecule has 0 amide bonds. The summed E-state index contributed by atoms with van der Waals surface area (Å²) >= 11 is 0. The van der Waals surface area contributed by atoms with Crippen molar-refractivity contribution in [1.29, 1.82) is 5.26 Å². The van der Waals surface area contributed by atoms with E-state index in [2.05, 4.69) is 21.5 Å². The Balaban J connectivity index is 3.00. The van der Waals surface area contributed by atoms with E-state index in [1.54, 1.807) is 0 Å². The summed E-state index contributed by atoms with van der Waals surface area (Å²) in [6.07, 6.45) is 1.47. The van der Waals surface area contributed by atoms with Gasteiger partial charge >= 0.3 is 0 Å². The molecule has 1 heterocycles. The van der Waals surface area contributed by atoms with Gasteiger partial charge in [-0.05, 0) is 20.8 Å². The van der Waals surface area contributed by atoms with E-state index in [-0.39, 0.29) is 5.92 Å². The minimum atomic E-state index is -0.0430. The van der Waals surface area contributed by atoms with Crippen molar-refractivity contribution < 1.29 is 0 Å². The van der Waals surface area contributed by atoms with Gasteiger partial charge in [-0.2, -0.15) is 5.26 Å². The first-order valence-electron chi connectivity index (χ1n) is 5.56. The highest BCUT2D eigenvalue weighted by Gasteiger charge is 2.14. The van der Waals surface area contributed by atoms with Crippen LogP contribution in [0, 0.1) is 24.2 Å². The number of nitrogens with zero attached hydrogens (tertiary/aromatic N) is 4. The molecular formula is C11H18N6. The molecule has 0 bridgehead atoms. The molecular weight excluding hydrogens is 216 g/mol. The van der Waals surface area contributed by atoms with Gasteiger partial charge in [-0.15, -0.1) is 0 Å². The van der Waals surface area contributed by atoms with Gasteiger partial charge in [0.05, 0.1) is 12.0 Å². The molecule has 0 saturated carbocycles. The van der Waals surface area contributed by atoms with Gasteiger partial charge in [0.25, 0.3) is 0 Å². The normalized spacial score (nSPS) is 11.7. The van der Waals surface area contributed by atoms with Crippen LogP contribution in [0.2, 0.25) is 0 Å². The second-order valence-corrected chi connectivity index (χ2v) is 3.88. The average Bonchev–Trinajstić information content (AvgIpc) is 2.36. The van der Waals surface area contributed by atoms with E-state index in [1.807, 2.05) is 25.7 Å². The van der Waals surface area contributed by atoms with Crippen molar-refractivity contribution in [1.82, 2.24) is 9.97 Å². The predicted molar refractivity (Wildman–Crippen MR) is 67.2 cm³/mol. The molecule has 1 atom stereocenters. The van der Waals surface area contributed by atoms with Crippen LogP contribution in [0.15, 0.2) is 6.33 Å². The molecule has 0 aromatic carbocycles. The number of hydrazine groups is 1. The Kier molecular flexibility index (Phi) is 4.67. The van der Waals surface area contributed by atoms with Crippen LogP contribution < -0.4 is 16.2 Å². The van der Waals surface area contributed by atoms with Gasteiger partial charge in [0.2, 0.25) is 0 Å². The Morgan fingerprint density at radius 1 is 1.59 bits per heavy atom. The largest absolute Gasteiger partial charge is 0.355 e. The van der Waals surface area contributed by atoms with Crippen molar-refractivity contribution >= 4 is 11.6 Å². The lowest BCUT2D eigenvalue weighted by atomic mass is 10.2. The maximum atomic E-state index is 8.85.